The summed E-state index contributed by atoms with van der Waals surface area (Å²) < 4.78 is 5.99. The van der Waals surface area contributed by atoms with E-state index in [2.05, 4.69) is 34.9 Å². The van der Waals surface area contributed by atoms with E-state index in [1.54, 1.807) is 0 Å². The van der Waals surface area contributed by atoms with Crippen molar-refractivity contribution in [1.82, 2.24) is 10.6 Å². The highest BCUT2D eigenvalue weighted by Crippen LogP contribution is 2.32. The van der Waals surface area contributed by atoms with Gasteiger partial charge in [-0.1, -0.05) is 24.3 Å². The van der Waals surface area contributed by atoms with Gasteiger partial charge >= 0.3 is 6.03 Å². The van der Waals surface area contributed by atoms with Crippen molar-refractivity contribution in [3.63, 3.8) is 0 Å². The number of ether oxygens (including phenoxy) is 1. The highest BCUT2D eigenvalue weighted by atomic mass is 16.5. The first kappa shape index (κ1) is 16.8. The third-order valence-corrected chi connectivity index (χ3v) is 3.86. The lowest BCUT2D eigenvalue weighted by molar-refractivity contribution is 0.0396. The number of nitrogens with one attached hydrogen (secondary N) is 2. The smallest absolute Gasteiger partial charge is 0.314 e. The van der Waals surface area contributed by atoms with Crippen LogP contribution in [0.4, 0.5) is 4.79 Å². The highest BCUT2D eigenvalue weighted by Gasteiger charge is 2.19. The van der Waals surface area contributed by atoms with Crippen LogP contribution in [0.1, 0.15) is 42.9 Å². The fraction of sp³-hybridized carbons (Fsp3) is 0.588. The van der Waals surface area contributed by atoms with E-state index < -0.39 is 0 Å². The second-order valence-corrected chi connectivity index (χ2v) is 5.56. The van der Waals surface area contributed by atoms with Gasteiger partial charge in [-0.05, 0) is 43.2 Å². The number of hydrogen-bond donors (Lipinski definition) is 3. The average Bonchev–Trinajstić information content (AvgIpc) is 2.55. The lowest BCUT2D eigenvalue weighted by Gasteiger charge is -2.25. The molecule has 3 N–H and O–H groups in total. The maximum absolute atomic E-state index is 11.4. The van der Waals surface area contributed by atoms with Crippen LogP contribution in [-0.4, -0.2) is 37.4 Å². The SMILES string of the molecule is O=C(NCCCO)NCCCOC1CCCc2ccccc21. The fourth-order valence-corrected chi connectivity index (χ4v) is 2.73. The van der Waals surface area contributed by atoms with Gasteiger partial charge in [-0.2, -0.15) is 0 Å². The largest absolute Gasteiger partial charge is 0.396 e. The second kappa shape index (κ2) is 9.43. The molecule has 2 amide bonds. The molecule has 0 fully saturated rings. The standard InChI is InChI=1S/C17H26N2O3/c20-12-4-10-18-17(21)19-11-5-13-22-16-9-3-7-14-6-1-2-8-15(14)16/h1-2,6,8,16,20H,3-5,7,9-13H2,(H2,18,19,21). The minimum Gasteiger partial charge on any atom is -0.396 e. The summed E-state index contributed by atoms with van der Waals surface area (Å²) in [4.78, 5) is 11.4. The quantitative estimate of drug-likeness (QED) is 0.645. The Kier molecular flexibility index (Phi) is 7.19. The van der Waals surface area contributed by atoms with Crippen molar-refractivity contribution in [1.29, 1.82) is 0 Å². The summed E-state index contributed by atoms with van der Waals surface area (Å²) in [6, 6.07) is 8.31. The molecular weight excluding hydrogens is 280 g/mol. The first-order valence-electron chi connectivity index (χ1n) is 8.13. The predicted octanol–water partition coefficient (Wildman–Crippen LogP) is 2.15. The molecule has 0 spiro atoms. The van der Waals surface area contributed by atoms with Gasteiger partial charge in [-0.3, -0.25) is 0 Å². The number of carbonyl (C=O) groups excluding carboxylic acids is 1. The monoisotopic (exact) mass is 306 g/mol. The van der Waals surface area contributed by atoms with Crippen molar-refractivity contribution in [3.8, 4) is 0 Å². The van der Waals surface area contributed by atoms with Gasteiger partial charge in [-0.25, -0.2) is 4.79 Å². The Morgan fingerprint density at radius 1 is 1.23 bits per heavy atom. The third kappa shape index (κ3) is 5.31. The second-order valence-electron chi connectivity index (χ2n) is 5.56. The van der Waals surface area contributed by atoms with Crippen LogP contribution >= 0.6 is 0 Å². The maximum Gasteiger partial charge on any atom is 0.314 e. The number of rotatable bonds is 8. The van der Waals surface area contributed by atoms with Gasteiger partial charge in [0.25, 0.3) is 0 Å². The van der Waals surface area contributed by atoms with E-state index in [0.717, 1.165) is 19.3 Å². The van der Waals surface area contributed by atoms with Crippen molar-refractivity contribution in [3.05, 3.63) is 35.4 Å². The number of aliphatic hydroxyl groups is 1. The molecule has 0 aromatic heterocycles. The first-order chi connectivity index (χ1) is 10.8. The normalized spacial score (nSPS) is 16.9. The zero-order valence-electron chi connectivity index (χ0n) is 13.0. The van der Waals surface area contributed by atoms with Gasteiger partial charge in [0, 0.05) is 26.3 Å². The molecule has 1 aromatic carbocycles. The lowest BCUT2D eigenvalue weighted by atomic mass is 9.89. The van der Waals surface area contributed by atoms with Crippen molar-refractivity contribution in [2.45, 2.75) is 38.2 Å². The van der Waals surface area contributed by atoms with Gasteiger partial charge in [0.1, 0.15) is 0 Å². The molecule has 2 rings (SSSR count). The Balaban J connectivity index is 1.61. The summed E-state index contributed by atoms with van der Waals surface area (Å²) >= 11 is 0. The van der Waals surface area contributed by atoms with Gasteiger partial charge in [0.15, 0.2) is 0 Å². The molecule has 5 heteroatoms. The molecule has 122 valence electrons. The van der Waals surface area contributed by atoms with Crippen LogP contribution in [0.3, 0.4) is 0 Å². The molecule has 0 heterocycles. The molecule has 0 saturated carbocycles. The van der Waals surface area contributed by atoms with Crippen LogP contribution < -0.4 is 10.6 Å². The van der Waals surface area contributed by atoms with Crippen LogP contribution in [0.25, 0.3) is 0 Å². The molecule has 5 nitrogen and oxygen atoms in total. The first-order valence-corrected chi connectivity index (χ1v) is 8.13. The van der Waals surface area contributed by atoms with Crippen LogP contribution in [0, 0.1) is 0 Å². The van der Waals surface area contributed by atoms with Crippen molar-refractivity contribution in [2.75, 3.05) is 26.3 Å². The van der Waals surface area contributed by atoms with Crippen LogP contribution in [0.2, 0.25) is 0 Å². The Morgan fingerprint density at radius 2 is 2.00 bits per heavy atom. The fourth-order valence-electron chi connectivity index (χ4n) is 2.73. The lowest BCUT2D eigenvalue weighted by Crippen LogP contribution is -2.37. The molecule has 22 heavy (non-hydrogen) atoms. The molecule has 1 aliphatic rings. The summed E-state index contributed by atoms with van der Waals surface area (Å²) in [6.45, 7) is 1.84. The minimum absolute atomic E-state index is 0.0942. The summed E-state index contributed by atoms with van der Waals surface area (Å²) in [5, 5.41) is 14.1. The Morgan fingerprint density at radius 3 is 2.82 bits per heavy atom. The molecule has 0 aliphatic heterocycles. The third-order valence-electron chi connectivity index (χ3n) is 3.86. The number of benzene rings is 1. The van der Waals surface area contributed by atoms with Gasteiger partial charge in [0.2, 0.25) is 0 Å². The van der Waals surface area contributed by atoms with E-state index in [9.17, 15) is 4.79 Å². The zero-order valence-corrected chi connectivity index (χ0v) is 13.0. The molecular formula is C17H26N2O3. The predicted molar refractivity (Wildman–Crippen MR) is 85.8 cm³/mol. The highest BCUT2D eigenvalue weighted by molar-refractivity contribution is 5.73. The topological polar surface area (TPSA) is 70.6 Å². The van der Waals surface area contributed by atoms with Crippen molar-refractivity contribution in [2.24, 2.45) is 0 Å². The molecule has 0 radical (unpaired) electrons. The van der Waals surface area contributed by atoms with Crippen LogP contribution in [-0.2, 0) is 11.2 Å². The van der Waals surface area contributed by atoms with Crippen molar-refractivity contribution < 1.29 is 14.6 Å². The molecule has 0 bridgehead atoms. The van der Waals surface area contributed by atoms with Crippen molar-refractivity contribution >= 4 is 6.03 Å². The number of fused-ring (bicyclic) bond motifs is 1. The van der Waals surface area contributed by atoms with E-state index >= 15 is 0 Å². The van der Waals surface area contributed by atoms with Gasteiger partial charge in [0.05, 0.1) is 6.10 Å². The Hall–Kier alpha value is -1.59. The molecule has 1 atom stereocenters. The van der Waals surface area contributed by atoms with Crippen LogP contribution in [0.5, 0.6) is 0 Å². The van der Waals surface area contributed by atoms with Gasteiger partial charge in [-0.15, -0.1) is 0 Å². The minimum atomic E-state index is -0.184. The Labute approximate surface area is 132 Å². The van der Waals surface area contributed by atoms with E-state index in [-0.39, 0.29) is 18.7 Å². The summed E-state index contributed by atoms with van der Waals surface area (Å²) in [7, 11) is 0. The van der Waals surface area contributed by atoms with E-state index in [0.29, 0.717) is 26.1 Å². The number of aryl methyl sites for hydroxylation is 1. The number of aliphatic hydroxyl groups excluding tert-OH is 1. The summed E-state index contributed by atoms with van der Waals surface area (Å²) in [6.07, 6.45) is 4.97. The number of amides is 2. The molecule has 1 aliphatic carbocycles. The average molecular weight is 306 g/mol. The number of carbonyl (C=O) groups is 1. The van der Waals surface area contributed by atoms with E-state index in [1.807, 2.05) is 0 Å². The number of urea groups is 1. The van der Waals surface area contributed by atoms with E-state index in [4.69, 9.17) is 9.84 Å². The summed E-state index contributed by atoms with van der Waals surface area (Å²) in [5.41, 5.74) is 2.73. The van der Waals surface area contributed by atoms with Crippen LogP contribution in [0.15, 0.2) is 24.3 Å². The Bertz CT molecular complexity index is 465. The molecule has 0 saturated heterocycles. The van der Waals surface area contributed by atoms with Gasteiger partial charge < -0.3 is 20.5 Å². The zero-order chi connectivity index (χ0) is 15.6. The molecule has 1 aromatic rings. The number of hydrogen-bond acceptors (Lipinski definition) is 3. The molecule has 1 unspecified atom stereocenters. The summed E-state index contributed by atoms with van der Waals surface area (Å²) in [5.74, 6) is 0. The maximum atomic E-state index is 11.4. The van der Waals surface area contributed by atoms with E-state index in [1.165, 1.54) is 17.5 Å².